The first-order valence-corrected chi connectivity index (χ1v) is 5.76. The van der Waals surface area contributed by atoms with Crippen molar-refractivity contribution in [3.05, 3.63) is 0 Å². The van der Waals surface area contributed by atoms with Crippen LogP contribution in [0.15, 0.2) is 0 Å². The van der Waals surface area contributed by atoms with E-state index in [1.807, 2.05) is 0 Å². The topological polar surface area (TPSA) is 58.3 Å². The molecule has 0 aromatic rings. The van der Waals surface area contributed by atoms with Crippen molar-refractivity contribution >= 4 is 0 Å². The largest absolute Gasteiger partial charge is 0.378 e. The summed E-state index contributed by atoms with van der Waals surface area (Å²) >= 11 is 0. The van der Waals surface area contributed by atoms with Gasteiger partial charge in [-0.25, -0.2) is 0 Å². The summed E-state index contributed by atoms with van der Waals surface area (Å²) in [6.07, 6.45) is 3.92. The maximum atomic E-state index is 9.86. The highest BCUT2D eigenvalue weighted by molar-refractivity contribution is 4.78. The second-order valence-corrected chi connectivity index (χ2v) is 4.92. The molecule has 3 heteroatoms. The molecule has 0 radical (unpaired) electrons. The molecule has 1 rings (SSSR count). The van der Waals surface area contributed by atoms with Gasteiger partial charge in [-0.3, -0.25) is 5.32 Å². The average molecular weight is 200 g/mol. The SMILES string of the molecule is CC(C)CNC(O)C1CCC(N)CC1. The highest BCUT2D eigenvalue weighted by atomic mass is 16.3. The van der Waals surface area contributed by atoms with Crippen LogP contribution in [-0.4, -0.2) is 23.9 Å². The minimum atomic E-state index is -0.329. The lowest BCUT2D eigenvalue weighted by molar-refractivity contribution is 0.0502. The number of aliphatic hydroxyl groups excluding tert-OH is 1. The van der Waals surface area contributed by atoms with E-state index in [0.29, 0.717) is 17.9 Å². The molecule has 0 bridgehead atoms. The Morgan fingerprint density at radius 3 is 2.36 bits per heavy atom. The molecule has 1 fully saturated rings. The van der Waals surface area contributed by atoms with Crippen molar-refractivity contribution in [1.82, 2.24) is 5.32 Å². The Hall–Kier alpha value is -0.120. The smallest absolute Gasteiger partial charge is 0.107 e. The zero-order valence-corrected chi connectivity index (χ0v) is 9.37. The van der Waals surface area contributed by atoms with Crippen molar-refractivity contribution in [3.63, 3.8) is 0 Å². The van der Waals surface area contributed by atoms with E-state index in [2.05, 4.69) is 19.2 Å². The summed E-state index contributed by atoms with van der Waals surface area (Å²) in [5.41, 5.74) is 5.82. The second kappa shape index (κ2) is 5.69. The molecule has 0 aliphatic heterocycles. The Morgan fingerprint density at radius 2 is 1.86 bits per heavy atom. The number of nitrogens with one attached hydrogen (secondary N) is 1. The molecule has 1 saturated carbocycles. The van der Waals surface area contributed by atoms with Gasteiger partial charge in [-0.15, -0.1) is 0 Å². The number of nitrogens with two attached hydrogens (primary N) is 1. The molecule has 3 nitrogen and oxygen atoms in total. The molecular formula is C11H24N2O. The lowest BCUT2D eigenvalue weighted by Gasteiger charge is -2.30. The minimum absolute atomic E-state index is 0.329. The summed E-state index contributed by atoms with van der Waals surface area (Å²) in [5, 5.41) is 13.0. The maximum absolute atomic E-state index is 9.86. The van der Waals surface area contributed by atoms with Gasteiger partial charge in [0, 0.05) is 6.04 Å². The van der Waals surface area contributed by atoms with E-state index >= 15 is 0 Å². The molecule has 0 aromatic carbocycles. The van der Waals surface area contributed by atoms with Gasteiger partial charge in [-0.1, -0.05) is 13.8 Å². The molecule has 1 unspecified atom stereocenters. The summed E-state index contributed by atoms with van der Waals surface area (Å²) in [7, 11) is 0. The van der Waals surface area contributed by atoms with Gasteiger partial charge in [0.05, 0.1) is 0 Å². The fraction of sp³-hybridized carbons (Fsp3) is 1.00. The van der Waals surface area contributed by atoms with Gasteiger partial charge in [0.2, 0.25) is 0 Å². The zero-order chi connectivity index (χ0) is 10.6. The Labute approximate surface area is 87.1 Å². The summed E-state index contributed by atoms with van der Waals surface area (Å²) in [4.78, 5) is 0. The average Bonchev–Trinajstić information content (AvgIpc) is 2.15. The van der Waals surface area contributed by atoms with Gasteiger partial charge in [0.25, 0.3) is 0 Å². The Morgan fingerprint density at radius 1 is 1.29 bits per heavy atom. The van der Waals surface area contributed by atoms with Gasteiger partial charge in [-0.05, 0) is 44.1 Å². The fourth-order valence-electron chi connectivity index (χ4n) is 1.98. The second-order valence-electron chi connectivity index (χ2n) is 4.92. The van der Waals surface area contributed by atoms with Crippen LogP contribution in [0.1, 0.15) is 39.5 Å². The normalized spacial score (nSPS) is 30.6. The number of aliphatic hydroxyl groups is 1. The molecule has 14 heavy (non-hydrogen) atoms. The molecule has 0 heterocycles. The van der Waals surface area contributed by atoms with Crippen LogP contribution in [0.4, 0.5) is 0 Å². The van der Waals surface area contributed by atoms with Crippen molar-refractivity contribution < 1.29 is 5.11 Å². The van der Waals surface area contributed by atoms with E-state index in [1.165, 1.54) is 0 Å². The van der Waals surface area contributed by atoms with E-state index in [-0.39, 0.29) is 6.23 Å². The quantitative estimate of drug-likeness (QED) is 0.595. The van der Waals surface area contributed by atoms with Crippen molar-refractivity contribution in [2.24, 2.45) is 17.6 Å². The van der Waals surface area contributed by atoms with Gasteiger partial charge < -0.3 is 10.8 Å². The molecule has 4 N–H and O–H groups in total. The lowest BCUT2D eigenvalue weighted by atomic mass is 9.85. The monoisotopic (exact) mass is 200 g/mol. The molecule has 0 spiro atoms. The first-order chi connectivity index (χ1) is 6.59. The molecule has 1 atom stereocenters. The van der Waals surface area contributed by atoms with Crippen LogP contribution in [0.3, 0.4) is 0 Å². The van der Waals surface area contributed by atoms with E-state index in [1.54, 1.807) is 0 Å². The van der Waals surface area contributed by atoms with Crippen LogP contribution in [0.25, 0.3) is 0 Å². The lowest BCUT2D eigenvalue weighted by Crippen LogP contribution is -2.41. The first-order valence-electron chi connectivity index (χ1n) is 5.76. The number of rotatable bonds is 4. The van der Waals surface area contributed by atoms with Crippen LogP contribution < -0.4 is 11.1 Å². The standard InChI is InChI=1S/C11H24N2O/c1-8(2)7-13-11(14)9-3-5-10(12)6-4-9/h8-11,13-14H,3-7,12H2,1-2H3. The van der Waals surface area contributed by atoms with Gasteiger partial charge in [0.15, 0.2) is 0 Å². The Balaban J connectivity index is 2.20. The Bertz CT molecular complexity index is 153. The maximum Gasteiger partial charge on any atom is 0.107 e. The first kappa shape index (κ1) is 12.0. The minimum Gasteiger partial charge on any atom is -0.378 e. The third-order valence-corrected chi connectivity index (χ3v) is 3.00. The summed E-state index contributed by atoms with van der Waals surface area (Å²) < 4.78 is 0. The number of hydrogen-bond donors (Lipinski definition) is 3. The highest BCUT2D eigenvalue weighted by Gasteiger charge is 2.24. The van der Waals surface area contributed by atoms with E-state index < -0.39 is 0 Å². The van der Waals surface area contributed by atoms with E-state index in [9.17, 15) is 5.11 Å². The predicted octanol–water partition coefficient (Wildman–Crippen LogP) is 1.07. The number of hydrogen-bond acceptors (Lipinski definition) is 3. The third kappa shape index (κ3) is 3.95. The summed E-state index contributed by atoms with van der Waals surface area (Å²) in [6.45, 7) is 5.19. The third-order valence-electron chi connectivity index (χ3n) is 3.00. The highest BCUT2D eigenvalue weighted by Crippen LogP contribution is 2.25. The van der Waals surface area contributed by atoms with Gasteiger partial charge >= 0.3 is 0 Å². The molecule has 1 aliphatic rings. The van der Waals surface area contributed by atoms with Gasteiger partial charge in [-0.2, -0.15) is 0 Å². The molecule has 0 saturated heterocycles. The molecule has 0 aromatic heterocycles. The van der Waals surface area contributed by atoms with Crippen molar-refractivity contribution in [2.45, 2.75) is 51.8 Å². The van der Waals surface area contributed by atoms with E-state index in [4.69, 9.17) is 5.73 Å². The van der Waals surface area contributed by atoms with Crippen molar-refractivity contribution in [3.8, 4) is 0 Å². The summed E-state index contributed by atoms with van der Waals surface area (Å²) in [5.74, 6) is 1.00. The molecular weight excluding hydrogens is 176 g/mol. The van der Waals surface area contributed by atoms with Crippen LogP contribution in [0.2, 0.25) is 0 Å². The van der Waals surface area contributed by atoms with Crippen LogP contribution >= 0.6 is 0 Å². The van der Waals surface area contributed by atoms with Gasteiger partial charge in [0.1, 0.15) is 6.23 Å². The fourth-order valence-corrected chi connectivity index (χ4v) is 1.98. The zero-order valence-electron chi connectivity index (χ0n) is 9.37. The molecule has 0 amide bonds. The van der Waals surface area contributed by atoms with Crippen molar-refractivity contribution in [1.29, 1.82) is 0 Å². The van der Waals surface area contributed by atoms with Crippen LogP contribution in [0, 0.1) is 11.8 Å². The van der Waals surface area contributed by atoms with Crippen LogP contribution in [0.5, 0.6) is 0 Å². The van der Waals surface area contributed by atoms with E-state index in [0.717, 1.165) is 32.2 Å². The van der Waals surface area contributed by atoms with Crippen molar-refractivity contribution in [2.75, 3.05) is 6.54 Å². The summed E-state index contributed by atoms with van der Waals surface area (Å²) in [6, 6.07) is 0.364. The molecule has 1 aliphatic carbocycles. The Kier molecular flexibility index (Phi) is 4.85. The predicted molar refractivity (Wildman–Crippen MR) is 58.8 cm³/mol. The van der Waals surface area contributed by atoms with Crippen LogP contribution in [-0.2, 0) is 0 Å². The molecule has 84 valence electrons.